The van der Waals surface area contributed by atoms with Crippen LogP contribution in [0.4, 0.5) is 5.00 Å². The molecule has 2 N–H and O–H groups in total. The SMILES string of the molecule is CCOC(=O)c1sc(NC(=O)CN(CC)Cc2nc3ccccc3c(=O)[nH]2)cc1C. The fourth-order valence-corrected chi connectivity index (χ4v) is 4.01. The van der Waals surface area contributed by atoms with Crippen molar-refractivity contribution in [2.24, 2.45) is 0 Å². The van der Waals surface area contributed by atoms with Gasteiger partial charge in [0.1, 0.15) is 10.7 Å². The molecule has 0 aliphatic rings. The number of aromatic amines is 1. The average Bonchev–Trinajstić information content (AvgIpc) is 3.07. The molecule has 158 valence electrons. The number of thiophene rings is 1. The Balaban J connectivity index is 1.66. The number of esters is 1. The number of carbonyl (C=O) groups is 2. The predicted octanol–water partition coefficient (Wildman–Crippen LogP) is 2.93. The summed E-state index contributed by atoms with van der Waals surface area (Å²) >= 11 is 1.19. The van der Waals surface area contributed by atoms with Gasteiger partial charge in [-0.25, -0.2) is 9.78 Å². The Hall–Kier alpha value is -3.04. The Bertz CT molecular complexity index is 1120. The molecule has 0 radical (unpaired) electrons. The third-order valence-corrected chi connectivity index (χ3v) is 5.62. The van der Waals surface area contributed by atoms with Gasteiger partial charge in [0.05, 0.1) is 35.6 Å². The van der Waals surface area contributed by atoms with Gasteiger partial charge in [-0.05, 0) is 44.2 Å². The second kappa shape index (κ2) is 9.64. The van der Waals surface area contributed by atoms with Crippen LogP contribution in [0.25, 0.3) is 10.9 Å². The lowest BCUT2D eigenvalue weighted by atomic mass is 10.2. The molecule has 3 rings (SSSR count). The number of nitrogens with zero attached hydrogens (tertiary/aromatic N) is 2. The molecular weight excluding hydrogens is 404 g/mol. The number of para-hydroxylation sites is 1. The van der Waals surface area contributed by atoms with Crippen LogP contribution in [0.2, 0.25) is 0 Å². The first-order chi connectivity index (χ1) is 14.4. The summed E-state index contributed by atoms with van der Waals surface area (Å²) in [6, 6.07) is 8.90. The summed E-state index contributed by atoms with van der Waals surface area (Å²) < 4.78 is 5.03. The van der Waals surface area contributed by atoms with Crippen molar-refractivity contribution in [3.05, 3.63) is 57.0 Å². The topological polar surface area (TPSA) is 104 Å². The second-order valence-corrected chi connectivity index (χ2v) is 7.78. The number of rotatable bonds is 8. The highest BCUT2D eigenvalue weighted by Gasteiger charge is 2.17. The Labute approximate surface area is 177 Å². The largest absolute Gasteiger partial charge is 0.462 e. The Morgan fingerprint density at radius 3 is 2.77 bits per heavy atom. The number of likely N-dealkylation sites (N-methyl/N-ethyl adjacent to an activating group) is 1. The van der Waals surface area contributed by atoms with E-state index in [0.29, 0.717) is 46.3 Å². The first-order valence-electron chi connectivity index (χ1n) is 9.69. The molecule has 3 aromatic rings. The van der Waals surface area contributed by atoms with Crippen LogP contribution < -0.4 is 10.9 Å². The van der Waals surface area contributed by atoms with Crippen molar-refractivity contribution in [1.29, 1.82) is 0 Å². The maximum Gasteiger partial charge on any atom is 0.348 e. The molecule has 0 unspecified atom stereocenters. The van der Waals surface area contributed by atoms with Gasteiger partial charge in [-0.15, -0.1) is 11.3 Å². The minimum atomic E-state index is -0.387. The number of amides is 1. The van der Waals surface area contributed by atoms with E-state index in [1.807, 2.05) is 17.9 Å². The quantitative estimate of drug-likeness (QED) is 0.535. The van der Waals surface area contributed by atoms with Crippen molar-refractivity contribution in [2.45, 2.75) is 27.3 Å². The number of aromatic nitrogens is 2. The zero-order valence-electron chi connectivity index (χ0n) is 17.2. The van der Waals surface area contributed by atoms with Crippen LogP contribution in [0.3, 0.4) is 0 Å². The van der Waals surface area contributed by atoms with Gasteiger partial charge in [0, 0.05) is 0 Å². The summed E-state index contributed by atoms with van der Waals surface area (Å²) in [5.41, 5.74) is 1.19. The molecule has 2 heterocycles. The molecule has 0 bridgehead atoms. The predicted molar refractivity (Wildman–Crippen MR) is 117 cm³/mol. The summed E-state index contributed by atoms with van der Waals surface area (Å²) in [7, 11) is 0. The molecule has 0 aliphatic carbocycles. The first-order valence-corrected chi connectivity index (χ1v) is 10.5. The number of aryl methyl sites for hydroxylation is 1. The van der Waals surface area contributed by atoms with E-state index in [9.17, 15) is 14.4 Å². The van der Waals surface area contributed by atoms with Crippen molar-refractivity contribution < 1.29 is 14.3 Å². The van der Waals surface area contributed by atoms with E-state index in [1.54, 1.807) is 38.1 Å². The van der Waals surface area contributed by atoms with Crippen LogP contribution in [0.15, 0.2) is 35.1 Å². The number of nitrogens with one attached hydrogen (secondary N) is 2. The van der Waals surface area contributed by atoms with Crippen LogP contribution >= 0.6 is 11.3 Å². The second-order valence-electron chi connectivity index (χ2n) is 6.72. The number of anilines is 1. The van der Waals surface area contributed by atoms with E-state index in [-0.39, 0.29) is 24.0 Å². The molecule has 0 atom stereocenters. The monoisotopic (exact) mass is 428 g/mol. The normalized spacial score (nSPS) is 11.1. The molecule has 0 saturated heterocycles. The molecule has 1 aromatic carbocycles. The number of fused-ring (bicyclic) bond motifs is 1. The van der Waals surface area contributed by atoms with Gasteiger partial charge in [0.25, 0.3) is 5.56 Å². The number of hydrogen-bond donors (Lipinski definition) is 2. The summed E-state index contributed by atoms with van der Waals surface area (Å²) in [6.07, 6.45) is 0. The fraction of sp³-hybridized carbons (Fsp3) is 0.333. The van der Waals surface area contributed by atoms with Gasteiger partial charge in [-0.3, -0.25) is 14.5 Å². The Morgan fingerprint density at radius 1 is 1.27 bits per heavy atom. The van der Waals surface area contributed by atoms with Crippen molar-refractivity contribution in [2.75, 3.05) is 25.0 Å². The minimum Gasteiger partial charge on any atom is -0.462 e. The van der Waals surface area contributed by atoms with Crippen LogP contribution in [0.5, 0.6) is 0 Å². The summed E-state index contributed by atoms with van der Waals surface area (Å²) in [6.45, 7) is 6.84. The summed E-state index contributed by atoms with van der Waals surface area (Å²) in [4.78, 5) is 46.3. The van der Waals surface area contributed by atoms with Gasteiger partial charge in [-0.1, -0.05) is 19.1 Å². The number of ether oxygens (including phenoxy) is 1. The number of carbonyl (C=O) groups excluding carboxylic acids is 2. The molecular formula is C21H24N4O4S. The lowest BCUT2D eigenvalue weighted by molar-refractivity contribution is -0.117. The smallest absolute Gasteiger partial charge is 0.348 e. The maximum atomic E-state index is 12.5. The lowest BCUT2D eigenvalue weighted by Gasteiger charge is -2.19. The molecule has 0 fully saturated rings. The highest BCUT2D eigenvalue weighted by Crippen LogP contribution is 2.27. The van der Waals surface area contributed by atoms with Crippen LogP contribution in [-0.2, 0) is 16.1 Å². The van der Waals surface area contributed by atoms with E-state index in [4.69, 9.17) is 4.74 Å². The average molecular weight is 429 g/mol. The van der Waals surface area contributed by atoms with Crippen LogP contribution in [0.1, 0.15) is 34.9 Å². The van der Waals surface area contributed by atoms with Gasteiger partial charge in [0.15, 0.2) is 0 Å². The number of hydrogen-bond acceptors (Lipinski definition) is 7. The maximum absolute atomic E-state index is 12.5. The van der Waals surface area contributed by atoms with Crippen LogP contribution in [0, 0.1) is 6.92 Å². The van der Waals surface area contributed by atoms with E-state index in [0.717, 1.165) is 5.56 Å². The van der Waals surface area contributed by atoms with Crippen molar-refractivity contribution in [1.82, 2.24) is 14.9 Å². The summed E-state index contributed by atoms with van der Waals surface area (Å²) in [5, 5.41) is 3.96. The van der Waals surface area contributed by atoms with Gasteiger partial charge in [0.2, 0.25) is 5.91 Å². The van der Waals surface area contributed by atoms with Gasteiger partial charge < -0.3 is 15.0 Å². The van der Waals surface area contributed by atoms with Crippen molar-refractivity contribution >= 4 is 39.1 Å². The number of H-pyrrole nitrogens is 1. The third-order valence-electron chi connectivity index (χ3n) is 4.49. The van der Waals surface area contributed by atoms with Crippen molar-refractivity contribution in [3.8, 4) is 0 Å². The molecule has 30 heavy (non-hydrogen) atoms. The van der Waals surface area contributed by atoms with E-state index < -0.39 is 0 Å². The molecule has 8 nitrogen and oxygen atoms in total. The number of benzene rings is 1. The highest BCUT2D eigenvalue weighted by molar-refractivity contribution is 7.18. The van der Waals surface area contributed by atoms with E-state index in [1.165, 1.54) is 11.3 Å². The van der Waals surface area contributed by atoms with Crippen molar-refractivity contribution in [3.63, 3.8) is 0 Å². The fourth-order valence-electron chi connectivity index (χ4n) is 3.02. The van der Waals surface area contributed by atoms with Gasteiger partial charge in [-0.2, -0.15) is 0 Å². The zero-order valence-corrected chi connectivity index (χ0v) is 18.0. The molecule has 0 spiro atoms. The highest BCUT2D eigenvalue weighted by atomic mass is 32.1. The molecule has 0 saturated carbocycles. The first kappa shape index (κ1) is 21.7. The van der Waals surface area contributed by atoms with E-state index in [2.05, 4.69) is 15.3 Å². The molecule has 2 aromatic heterocycles. The molecule has 1 amide bonds. The Morgan fingerprint density at radius 2 is 2.03 bits per heavy atom. The molecule has 0 aliphatic heterocycles. The molecule has 9 heteroatoms. The standard InChI is InChI=1S/C21H24N4O4S/c1-4-25(11-16-22-15-9-7-6-8-14(15)20(27)23-16)12-17(26)24-18-10-13(3)19(30-18)21(28)29-5-2/h6-10H,4-5,11-12H2,1-3H3,(H,24,26)(H,22,23,27). The lowest BCUT2D eigenvalue weighted by Crippen LogP contribution is -2.33. The Kier molecular flexibility index (Phi) is 6.96. The third kappa shape index (κ3) is 5.11. The van der Waals surface area contributed by atoms with Crippen LogP contribution in [-0.4, -0.2) is 46.4 Å². The van der Waals surface area contributed by atoms with Gasteiger partial charge >= 0.3 is 5.97 Å². The zero-order chi connectivity index (χ0) is 21.7. The summed E-state index contributed by atoms with van der Waals surface area (Å²) in [5.74, 6) is -0.0939. The van der Waals surface area contributed by atoms with E-state index >= 15 is 0 Å². The minimum absolute atomic E-state index is 0.124.